The molecule has 0 aliphatic rings. The van der Waals surface area contributed by atoms with Crippen molar-refractivity contribution in [1.29, 1.82) is 0 Å². The first-order valence-corrected chi connectivity index (χ1v) is 11.1. The van der Waals surface area contributed by atoms with Crippen molar-refractivity contribution in [2.75, 3.05) is 19.5 Å². The van der Waals surface area contributed by atoms with Crippen LogP contribution in [0, 0.1) is 19.8 Å². The fourth-order valence-corrected chi connectivity index (χ4v) is 4.33. The highest BCUT2D eigenvalue weighted by Gasteiger charge is 2.19. The number of hydrogen-bond donors (Lipinski definition) is 1. The number of ether oxygens (including phenoxy) is 1. The molecule has 6 heteroatoms. The zero-order valence-corrected chi connectivity index (χ0v) is 19.8. The van der Waals surface area contributed by atoms with E-state index in [1.165, 1.54) is 5.71 Å². The lowest BCUT2D eigenvalue weighted by molar-refractivity contribution is 0.393. The summed E-state index contributed by atoms with van der Waals surface area (Å²) in [5, 5.41) is 8.41. The van der Waals surface area contributed by atoms with Gasteiger partial charge in [-0.1, -0.05) is 31.8 Å². The molecule has 0 bridgehead atoms. The molecule has 0 radical (unpaired) electrons. The van der Waals surface area contributed by atoms with Crippen molar-refractivity contribution in [3.05, 3.63) is 29.8 Å². The van der Waals surface area contributed by atoms with E-state index in [2.05, 4.69) is 31.2 Å². The Morgan fingerprint density at radius 3 is 2.45 bits per heavy atom. The predicted molar refractivity (Wildman–Crippen MR) is 129 cm³/mol. The Morgan fingerprint density at radius 1 is 1.19 bits per heavy atom. The molecule has 0 unspecified atom stereocenters. The van der Waals surface area contributed by atoms with Crippen LogP contribution in [0.2, 0.25) is 0 Å². The second kappa shape index (κ2) is 9.94. The van der Waals surface area contributed by atoms with Crippen LogP contribution in [0.3, 0.4) is 0 Å². The number of benzene rings is 1. The van der Waals surface area contributed by atoms with E-state index in [9.17, 15) is 0 Å². The number of methoxy groups -OCH3 is 1. The summed E-state index contributed by atoms with van der Waals surface area (Å²) in [6, 6.07) is 4.07. The number of aliphatic imine (C=N–C) groups is 1. The molecule has 0 aliphatic carbocycles. The molecule has 3 rings (SSSR count). The Bertz CT molecular complexity index is 1060. The van der Waals surface area contributed by atoms with Crippen LogP contribution in [-0.2, 0) is 0 Å². The Labute approximate surface area is 185 Å². The van der Waals surface area contributed by atoms with E-state index < -0.39 is 0 Å². The standard InChI is InChI=1S/C25H34N4O2/c1-8-10-18(11-9-2)15(3)28-22-14-27-21-12-20(24-16(4)29-31-17(24)5)23(30-7)13-19(21)25(22)26-6/h12-14,18H,8-11H2,1-7H3,(H,26,27). The summed E-state index contributed by atoms with van der Waals surface area (Å²) in [7, 11) is 3.61. The number of rotatable bonds is 9. The van der Waals surface area contributed by atoms with Crippen LogP contribution in [0.25, 0.3) is 22.0 Å². The van der Waals surface area contributed by atoms with Gasteiger partial charge in [0, 0.05) is 23.7 Å². The molecule has 0 atom stereocenters. The zero-order valence-electron chi connectivity index (χ0n) is 19.8. The van der Waals surface area contributed by atoms with Crippen molar-refractivity contribution in [2.24, 2.45) is 10.9 Å². The first kappa shape index (κ1) is 22.8. The summed E-state index contributed by atoms with van der Waals surface area (Å²) in [5.74, 6) is 2.03. The van der Waals surface area contributed by atoms with Gasteiger partial charge in [0.25, 0.3) is 0 Å². The van der Waals surface area contributed by atoms with Crippen molar-refractivity contribution in [1.82, 2.24) is 10.1 Å². The number of fused-ring (bicyclic) bond motifs is 1. The zero-order chi connectivity index (χ0) is 22.5. The number of nitrogens with one attached hydrogen (secondary N) is 1. The molecule has 31 heavy (non-hydrogen) atoms. The summed E-state index contributed by atoms with van der Waals surface area (Å²) < 4.78 is 11.1. The highest BCUT2D eigenvalue weighted by Crippen LogP contribution is 2.41. The number of hydrogen-bond acceptors (Lipinski definition) is 6. The summed E-state index contributed by atoms with van der Waals surface area (Å²) in [5.41, 5.74) is 6.57. The Morgan fingerprint density at radius 2 is 1.90 bits per heavy atom. The smallest absolute Gasteiger partial charge is 0.141 e. The molecule has 3 aromatic rings. The second-order valence-corrected chi connectivity index (χ2v) is 8.06. The third-order valence-corrected chi connectivity index (χ3v) is 5.88. The molecule has 0 saturated carbocycles. The number of nitrogens with zero attached hydrogens (tertiary/aromatic N) is 3. The van der Waals surface area contributed by atoms with Crippen molar-refractivity contribution in [3.63, 3.8) is 0 Å². The first-order chi connectivity index (χ1) is 14.9. The molecule has 6 nitrogen and oxygen atoms in total. The molecule has 1 N–H and O–H groups in total. The minimum absolute atomic E-state index is 0.506. The first-order valence-electron chi connectivity index (χ1n) is 11.1. The fourth-order valence-electron chi connectivity index (χ4n) is 4.33. The van der Waals surface area contributed by atoms with Gasteiger partial charge in [-0.05, 0) is 51.7 Å². The molecule has 0 aliphatic heterocycles. The molecule has 0 saturated heterocycles. The van der Waals surface area contributed by atoms with Gasteiger partial charge in [0.2, 0.25) is 0 Å². The van der Waals surface area contributed by atoms with Gasteiger partial charge in [-0.2, -0.15) is 0 Å². The average molecular weight is 423 g/mol. The lowest BCUT2D eigenvalue weighted by atomic mass is 9.94. The maximum Gasteiger partial charge on any atom is 0.141 e. The van der Waals surface area contributed by atoms with Gasteiger partial charge in [0.1, 0.15) is 17.2 Å². The van der Waals surface area contributed by atoms with E-state index >= 15 is 0 Å². The van der Waals surface area contributed by atoms with Crippen molar-refractivity contribution < 1.29 is 9.26 Å². The highest BCUT2D eigenvalue weighted by molar-refractivity contribution is 6.02. The van der Waals surface area contributed by atoms with Crippen LogP contribution >= 0.6 is 0 Å². The van der Waals surface area contributed by atoms with Gasteiger partial charge in [-0.15, -0.1) is 0 Å². The van der Waals surface area contributed by atoms with Gasteiger partial charge in [0.15, 0.2) is 0 Å². The Balaban J connectivity index is 2.15. The largest absolute Gasteiger partial charge is 0.496 e. The topological polar surface area (TPSA) is 72.5 Å². The maximum absolute atomic E-state index is 5.75. The Kier molecular flexibility index (Phi) is 7.31. The summed E-state index contributed by atoms with van der Waals surface area (Å²) in [6.07, 6.45) is 6.50. The number of pyridine rings is 1. The number of aromatic nitrogens is 2. The second-order valence-electron chi connectivity index (χ2n) is 8.06. The average Bonchev–Trinajstić information content (AvgIpc) is 3.10. The lowest BCUT2D eigenvalue weighted by Crippen LogP contribution is -2.10. The van der Waals surface area contributed by atoms with E-state index in [-0.39, 0.29) is 0 Å². The van der Waals surface area contributed by atoms with E-state index in [1.54, 1.807) is 7.11 Å². The monoisotopic (exact) mass is 422 g/mol. The predicted octanol–water partition coefficient (Wildman–Crippen LogP) is 6.87. The molecule has 2 aromatic heterocycles. The van der Waals surface area contributed by atoms with Crippen LogP contribution in [0.1, 0.15) is 57.9 Å². The minimum atomic E-state index is 0.506. The SMILES string of the molecule is CCCC(CCC)C(C)=Nc1cnc2cc(-c3c(C)noc3C)c(OC)cc2c1NC. The molecule has 166 valence electrons. The molecular weight excluding hydrogens is 388 g/mol. The normalized spacial score (nSPS) is 12.1. The highest BCUT2D eigenvalue weighted by atomic mass is 16.5. The van der Waals surface area contributed by atoms with Crippen LogP contribution in [0.15, 0.2) is 27.8 Å². The fraction of sp³-hybridized carbons (Fsp3) is 0.480. The third-order valence-electron chi connectivity index (χ3n) is 5.88. The summed E-state index contributed by atoms with van der Waals surface area (Å²) in [4.78, 5) is 9.75. The van der Waals surface area contributed by atoms with Gasteiger partial charge in [0.05, 0.1) is 35.8 Å². The van der Waals surface area contributed by atoms with E-state index in [0.29, 0.717) is 5.92 Å². The van der Waals surface area contributed by atoms with Gasteiger partial charge in [-0.3, -0.25) is 9.98 Å². The van der Waals surface area contributed by atoms with Crippen LogP contribution in [0.5, 0.6) is 5.75 Å². The maximum atomic E-state index is 5.75. The van der Waals surface area contributed by atoms with Gasteiger partial charge < -0.3 is 14.6 Å². The van der Waals surface area contributed by atoms with Crippen molar-refractivity contribution in [3.8, 4) is 16.9 Å². The van der Waals surface area contributed by atoms with Crippen molar-refractivity contribution in [2.45, 2.75) is 60.3 Å². The minimum Gasteiger partial charge on any atom is -0.496 e. The van der Waals surface area contributed by atoms with E-state index in [0.717, 1.165) is 76.3 Å². The third kappa shape index (κ3) is 4.58. The number of aryl methyl sites for hydroxylation is 2. The molecule has 0 fully saturated rings. The van der Waals surface area contributed by atoms with Gasteiger partial charge >= 0.3 is 0 Å². The van der Waals surface area contributed by atoms with Crippen molar-refractivity contribution >= 4 is 28.0 Å². The Hall–Kier alpha value is -2.89. The molecule has 2 heterocycles. The van der Waals surface area contributed by atoms with Crippen LogP contribution in [0.4, 0.5) is 11.4 Å². The van der Waals surface area contributed by atoms with E-state index in [1.807, 2.05) is 39.2 Å². The van der Waals surface area contributed by atoms with Gasteiger partial charge in [-0.25, -0.2) is 0 Å². The summed E-state index contributed by atoms with van der Waals surface area (Å²) >= 11 is 0. The molecule has 1 aromatic carbocycles. The summed E-state index contributed by atoms with van der Waals surface area (Å²) in [6.45, 7) is 10.5. The molecule has 0 spiro atoms. The molecular formula is C25H34N4O2. The van der Waals surface area contributed by atoms with E-state index in [4.69, 9.17) is 19.2 Å². The van der Waals surface area contributed by atoms with Crippen LogP contribution in [-0.4, -0.2) is 30.0 Å². The van der Waals surface area contributed by atoms with Crippen LogP contribution < -0.4 is 10.1 Å². The lowest BCUT2D eigenvalue weighted by Gasteiger charge is -2.17. The molecule has 0 amide bonds. The quantitative estimate of drug-likeness (QED) is 0.381. The number of anilines is 1.